The summed E-state index contributed by atoms with van der Waals surface area (Å²) in [6, 6.07) is 15.4. The van der Waals surface area contributed by atoms with Crippen LogP contribution in [0.4, 0.5) is 11.4 Å². The molecular formula is C22H28N4O3. The van der Waals surface area contributed by atoms with Crippen molar-refractivity contribution in [2.24, 2.45) is 5.73 Å². The molecule has 0 heterocycles. The van der Waals surface area contributed by atoms with Gasteiger partial charge in [0.2, 0.25) is 5.91 Å². The number of nitro groups is 1. The summed E-state index contributed by atoms with van der Waals surface area (Å²) in [6.07, 6.45) is 4.14. The normalized spacial score (nSPS) is 19.1. The summed E-state index contributed by atoms with van der Waals surface area (Å²) in [5, 5.41) is 13.7. The fourth-order valence-corrected chi connectivity index (χ4v) is 3.87. The van der Waals surface area contributed by atoms with Gasteiger partial charge in [0.1, 0.15) is 0 Å². The topological polar surface area (TPSA) is 102 Å². The second-order valence-corrected chi connectivity index (χ2v) is 7.78. The van der Waals surface area contributed by atoms with Gasteiger partial charge in [-0.25, -0.2) is 0 Å². The lowest BCUT2D eigenvalue weighted by Gasteiger charge is -2.36. The van der Waals surface area contributed by atoms with Crippen molar-refractivity contribution in [3.63, 3.8) is 0 Å². The molecule has 2 aromatic carbocycles. The first-order valence-corrected chi connectivity index (χ1v) is 10.00. The zero-order chi connectivity index (χ0) is 20.8. The van der Waals surface area contributed by atoms with Crippen molar-refractivity contribution in [1.29, 1.82) is 0 Å². The van der Waals surface area contributed by atoms with Crippen LogP contribution in [0, 0.1) is 10.1 Å². The van der Waals surface area contributed by atoms with Crippen LogP contribution >= 0.6 is 0 Å². The molecule has 0 bridgehead atoms. The van der Waals surface area contributed by atoms with Crippen LogP contribution in [-0.2, 0) is 17.9 Å². The molecule has 1 aliphatic rings. The van der Waals surface area contributed by atoms with E-state index >= 15 is 0 Å². The minimum Gasteiger partial charge on any atom is -0.328 e. The van der Waals surface area contributed by atoms with Crippen LogP contribution in [0.5, 0.6) is 0 Å². The van der Waals surface area contributed by atoms with E-state index in [-0.39, 0.29) is 22.6 Å². The van der Waals surface area contributed by atoms with Gasteiger partial charge in [-0.1, -0.05) is 24.3 Å². The van der Waals surface area contributed by atoms with Gasteiger partial charge >= 0.3 is 0 Å². The van der Waals surface area contributed by atoms with E-state index in [0.717, 1.165) is 55.6 Å². The van der Waals surface area contributed by atoms with Crippen LogP contribution in [0.2, 0.25) is 0 Å². The van der Waals surface area contributed by atoms with Crippen molar-refractivity contribution in [1.82, 2.24) is 4.90 Å². The number of nitrogens with two attached hydrogens (primary N) is 1. The fraction of sp³-hybridized carbons (Fsp3) is 0.409. The third kappa shape index (κ3) is 6.10. The number of hydrogen-bond acceptors (Lipinski definition) is 5. The average Bonchev–Trinajstić information content (AvgIpc) is 2.69. The summed E-state index contributed by atoms with van der Waals surface area (Å²) in [7, 11) is 0. The summed E-state index contributed by atoms with van der Waals surface area (Å²) in [5.74, 6) is -0.0870. The summed E-state index contributed by atoms with van der Waals surface area (Å²) in [6.45, 7) is 3.00. The van der Waals surface area contributed by atoms with Gasteiger partial charge in [0, 0.05) is 49.9 Å². The largest absolute Gasteiger partial charge is 0.328 e. The highest BCUT2D eigenvalue weighted by molar-refractivity contribution is 5.88. The van der Waals surface area contributed by atoms with E-state index in [4.69, 9.17) is 5.73 Å². The lowest BCUT2D eigenvalue weighted by Crippen LogP contribution is -2.40. The third-order valence-corrected chi connectivity index (χ3v) is 5.45. The Balaban J connectivity index is 1.73. The number of nitrogens with one attached hydrogen (secondary N) is 1. The number of benzene rings is 2. The molecule has 0 saturated heterocycles. The van der Waals surface area contributed by atoms with Crippen molar-refractivity contribution >= 4 is 17.3 Å². The molecule has 0 spiro atoms. The first kappa shape index (κ1) is 21.0. The average molecular weight is 396 g/mol. The van der Waals surface area contributed by atoms with Crippen molar-refractivity contribution in [2.45, 2.75) is 57.8 Å². The quantitative estimate of drug-likeness (QED) is 0.547. The first-order valence-electron chi connectivity index (χ1n) is 10.00. The van der Waals surface area contributed by atoms with Crippen LogP contribution in [-0.4, -0.2) is 27.8 Å². The molecule has 3 N–H and O–H groups in total. The molecule has 2 aromatic rings. The smallest absolute Gasteiger partial charge is 0.269 e. The number of nitro benzene ring substituents is 1. The molecule has 1 amide bonds. The Hall–Kier alpha value is -2.77. The molecule has 0 aliphatic heterocycles. The molecule has 1 fully saturated rings. The Morgan fingerprint density at radius 2 is 1.55 bits per heavy atom. The SMILES string of the molecule is CC(=O)Nc1ccc(CN(Cc2ccc([N+](=O)[O-])cc2)C2CCC(N)CC2)cc1. The van der Waals surface area contributed by atoms with Crippen molar-refractivity contribution in [3.8, 4) is 0 Å². The summed E-state index contributed by atoms with van der Waals surface area (Å²) in [5.41, 5.74) is 9.20. The van der Waals surface area contributed by atoms with Crippen LogP contribution in [0.3, 0.4) is 0 Å². The maximum atomic E-state index is 11.2. The Labute approximate surface area is 171 Å². The molecule has 0 radical (unpaired) electrons. The van der Waals surface area contributed by atoms with Gasteiger partial charge in [-0.3, -0.25) is 19.8 Å². The van der Waals surface area contributed by atoms with Gasteiger partial charge in [0.15, 0.2) is 0 Å². The number of hydrogen-bond donors (Lipinski definition) is 2. The predicted molar refractivity (Wildman–Crippen MR) is 113 cm³/mol. The lowest BCUT2D eigenvalue weighted by atomic mass is 9.90. The number of rotatable bonds is 7. The monoisotopic (exact) mass is 396 g/mol. The molecule has 0 atom stereocenters. The zero-order valence-corrected chi connectivity index (χ0v) is 16.7. The van der Waals surface area contributed by atoms with E-state index < -0.39 is 0 Å². The fourth-order valence-electron chi connectivity index (χ4n) is 3.87. The number of amides is 1. The molecule has 0 aromatic heterocycles. The number of carbonyl (C=O) groups excluding carboxylic acids is 1. The van der Waals surface area contributed by atoms with Crippen LogP contribution in [0.1, 0.15) is 43.7 Å². The third-order valence-electron chi connectivity index (χ3n) is 5.45. The molecule has 1 saturated carbocycles. The first-order chi connectivity index (χ1) is 13.9. The van der Waals surface area contributed by atoms with E-state index in [9.17, 15) is 14.9 Å². The highest BCUT2D eigenvalue weighted by atomic mass is 16.6. The van der Waals surface area contributed by atoms with Gasteiger partial charge in [-0.2, -0.15) is 0 Å². The highest BCUT2D eigenvalue weighted by Crippen LogP contribution is 2.26. The van der Waals surface area contributed by atoms with E-state index in [1.807, 2.05) is 36.4 Å². The molecule has 0 unspecified atom stereocenters. The molecular weight excluding hydrogens is 368 g/mol. The summed E-state index contributed by atoms with van der Waals surface area (Å²) >= 11 is 0. The van der Waals surface area contributed by atoms with Crippen LogP contribution in [0.25, 0.3) is 0 Å². The Morgan fingerprint density at radius 3 is 2.03 bits per heavy atom. The van der Waals surface area contributed by atoms with Gasteiger partial charge < -0.3 is 11.1 Å². The molecule has 7 nitrogen and oxygen atoms in total. The standard InChI is InChI=1S/C22H28N4O3/c1-16(27)24-20-8-2-17(3-9-20)14-25(21-12-6-19(23)7-13-21)15-18-4-10-22(11-5-18)26(28)29/h2-5,8-11,19,21H,6-7,12-15,23H2,1H3,(H,24,27). The van der Waals surface area contributed by atoms with Crippen molar-refractivity contribution < 1.29 is 9.72 Å². The van der Waals surface area contributed by atoms with Crippen molar-refractivity contribution in [3.05, 3.63) is 69.8 Å². The van der Waals surface area contributed by atoms with Crippen LogP contribution in [0.15, 0.2) is 48.5 Å². The summed E-state index contributed by atoms with van der Waals surface area (Å²) in [4.78, 5) is 24.2. The number of nitrogens with zero attached hydrogens (tertiary/aromatic N) is 2. The summed E-state index contributed by atoms with van der Waals surface area (Å²) < 4.78 is 0. The predicted octanol–water partition coefficient (Wildman–Crippen LogP) is 3.83. The molecule has 3 rings (SSSR count). The van der Waals surface area contributed by atoms with Gasteiger partial charge in [-0.15, -0.1) is 0 Å². The molecule has 1 aliphatic carbocycles. The lowest BCUT2D eigenvalue weighted by molar-refractivity contribution is -0.384. The maximum Gasteiger partial charge on any atom is 0.269 e. The van der Waals surface area contributed by atoms with Crippen LogP contribution < -0.4 is 11.1 Å². The molecule has 154 valence electrons. The van der Waals surface area contributed by atoms with Gasteiger partial charge in [0.25, 0.3) is 5.69 Å². The second-order valence-electron chi connectivity index (χ2n) is 7.78. The maximum absolute atomic E-state index is 11.2. The van der Waals surface area contributed by atoms with E-state index in [0.29, 0.717) is 6.04 Å². The minimum atomic E-state index is -0.374. The molecule has 7 heteroatoms. The Bertz CT molecular complexity index is 828. The van der Waals surface area contributed by atoms with E-state index in [1.54, 1.807) is 12.1 Å². The number of non-ortho nitro benzene ring substituents is 1. The van der Waals surface area contributed by atoms with E-state index in [1.165, 1.54) is 6.92 Å². The zero-order valence-electron chi connectivity index (χ0n) is 16.7. The van der Waals surface area contributed by atoms with Crippen molar-refractivity contribution in [2.75, 3.05) is 5.32 Å². The van der Waals surface area contributed by atoms with Gasteiger partial charge in [-0.05, 0) is 48.9 Å². The Morgan fingerprint density at radius 1 is 1.03 bits per heavy atom. The minimum absolute atomic E-state index is 0.0870. The Kier molecular flexibility index (Phi) is 6.95. The highest BCUT2D eigenvalue weighted by Gasteiger charge is 2.24. The van der Waals surface area contributed by atoms with E-state index in [2.05, 4.69) is 10.2 Å². The van der Waals surface area contributed by atoms with Gasteiger partial charge in [0.05, 0.1) is 4.92 Å². The molecule has 29 heavy (non-hydrogen) atoms. The number of carbonyl (C=O) groups is 1. The second kappa shape index (κ2) is 9.62. The number of anilines is 1.